The fraction of sp³-hybridized carbons (Fsp3) is 0.571. The number of nitrogens with two attached hydrogens (primary N) is 1. The van der Waals surface area contributed by atoms with Gasteiger partial charge in [-0.2, -0.15) is 0 Å². The first-order valence-electron chi connectivity index (χ1n) is 6.37. The van der Waals surface area contributed by atoms with E-state index >= 15 is 0 Å². The van der Waals surface area contributed by atoms with Crippen molar-refractivity contribution in [3.05, 3.63) is 29.6 Å². The molecule has 0 aromatic carbocycles. The molecule has 0 atom stereocenters. The van der Waals surface area contributed by atoms with E-state index in [9.17, 15) is 4.79 Å². The predicted octanol–water partition coefficient (Wildman–Crippen LogP) is 2.34. The van der Waals surface area contributed by atoms with E-state index in [4.69, 9.17) is 5.73 Å². The van der Waals surface area contributed by atoms with E-state index in [-0.39, 0.29) is 11.7 Å². The Balaban J connectivity index is 1.99. The maximum Gasteiger partial charge on any atom is 0.167 e. The second kappa shape index (κ2) is 5.41. The van der Waals surface area contributed by atoms with Crippen LogP contribution in [0.25, 0.3) is 0 Å². The second-order valence-corrected chi connectivity index (χ2v) is 5.01. The van der Waals surface area contributed by atoms with Gasteiger partial charge in [0.05, 0.1) is 0 Å². The van der Waals surface area contributed by atoms with Gasteiger partial charge in [0, 0.05) is 23.4 Å². The summed E-state index contributed by atoms with van der Waals surface area (Å²) in [4.78, 5) is 16.4. The molecule has 0 bridgehead atoms. The number of carbonyl (C=O) groups excluding carboxylic acids is 1. The Bertz CT molecular complexity index is 378. The molecule has 0 saturated heterocycles. The standard InChI is InChI=1S/C14H20N2O/c1-10-2-5-13(9-16-10)14(17)12-6-3-11(8-15)4-7-12/h2,5,9,11-12H,3-4,6-8,15H2,1H3. The van der Waals surface area contributed by atoms with E-state index in [0.717, 1.165) is 43.5 Å². The second-order valence-electron chi connectivity index (χ2n) is 5.01. The summed E-state index contributed by atoms with van der Waals surface area (Å²) >= 11 is 0. The Labute approximate surface area is 102 Å². The van der Waals surface area contributed by atoms with Gasteiger partial charge >= 0.3 is 0 Å². The zero-order chi connectivity index (χ0) is 12.3. The SMILES string of the molecule is Cc1ccc(C(=O)C2CCC(CN)CC2)cn1. The minimum atomic E-state index is 0.183. The lowest BCUT2D eigenvalue weighted by Crippen LogP contribution is -2.25. The monoisotopic (exact) mass is 232 g/mol. The van der Waals surface area contributed by atoms with Gasteiger partial charge in [-0.1, -0.05) is 0 Å². The first-order valence-corrected chi connectivity index (χ1v) is 6.37. The van der Waals surface area contributed by atoms with E-state index in [1.807, 2.05) is 19.1 Å². The van der Waals surface area contributed by atoms with Crippen molar-refractivity contribution in [1.29, 1.82) is 0 Å². The Kier molecular flexibility index (Phi) is 3.89. The van der Waals surface area contributed by atoms with Crippen LogP contribution in [0.4, 0.5) is 0 Å². The van der Waals surface area contributed by atoms with E-state index < -0.39 is 0 Å². The highest BCUT2D eigenvalue weighted by Crippen LogP contribution is 2.30. The minimum Gasteiger partial charge on any atom is -0.330 e. The molecular weight excluding hydrogens is 212 g/mol. The van der Waals surface area contributed by atoms with Crippen LogP contribution in [-0.2, 0) is 0 Å². The third-order valence-electron chi connectivity index (χ3n) is 3.75. The fourth-order valence-electron chi connectivity index (χ4n) is 2.51. The summed E-state index contributed by atoms with van der Waals surface area (Å²) in [5.74, 6) is 1.06. The molecule has 1 fully saturated rings. The highest BCUT2D eigenvalue weighted by Gasteiger charge is 2.26. The zero-order valence-corrected chi connectivity index (χ0v) is 10.4. The molecule has 0 spiro atoms. The number of aromatic nitrogens is 1. The Morgan fingerprint density at radius 3 is 2.59 bits per heavy atom. The molecule has 17 heavy (non-hydrogen) atoms. The quantitative estimate of drug-likeness (QED) is 0.814. The van der Waals surface area contributed by atoms with Crippen LogP contribution in [0, 0.1) is 18.8 Å². The molecule has 0 radical (unpaired) electrons. The zero-order valence-electron chi connectivity index (χ0n) is 10.4. The van der Waals surface area contributed by atoms with Crippen molar-refractivity contribution >= 4 is 5.78 Å². The van der Waals surface area contributed by atoms with Gasteiger partial charge in [-0.05, 0) is 57.2 Å². The number of aryl methyl sites for hydroxylation is 1. The molecule has 1 aromatic rings. The van der Waals surface area contributed by atoms with Gasteiger partial charge in [-0.3, -0.25) is 9.78 Å². The van der Waals surface area contributed by atoms with Crippen molar-refractivity contribution in [1.82, 2.24) is 4.98 Å². The van der Waals surface area contributed by atoms with Crippen LogP contribution in [0.1, 0.15) is 41.7 Å². The van der Waals surface area contributed by atoms with Crippen LogP contribution in [0.3, 0.4) is 0 Å². The van der Waals surface area contributed by atoms with Crippen molar-refractivity contribution in [3.63, 3.8) is 0 Å². The fourth-order valence-corrected chi connectivity index (χ4v) is 2.51. The molecule has 2 N–H and O–H groups in total. The molecule has 3 nitrogen and oxygen atoms in total. The Hall–Kier alpha value is -1.22. The maximum absolute atomic E-state index is 12.2. The molecule has 1 aliphatic rings. The van der Waals surface area contributed by atoms with Gasteiger partial charge in [0.2, 0.25) is 0 Å². The van der Waals surface area contributed by atoms with Crippen LogP contribution in [-0.4, -0.2) is 17.3 Å². The molecular formula is C14H20N2O. The largest absolute Gasteiger partial charge is 0.330 e. The van der Waals surface area contributed by atoms with Gasteiger partial charge in [-0.25, -0.2) is 0 Å². The van der Waals surface area contributed by atoms with Gasteiger partial charge < -0.3 is 5.73 Å². The summed E-state index contributed by atoms with van der Waals surface area (Å²) < 4.78 is 0. The first kappa shape index (κ1) is 12.2. The normalized spacial score (nSPS) is 24.6. The summed E-state index contributed by atoms with van der Waals surface area (Å²) in [5.41, 5.74) is 7.37. The molecule has 1 aromatic heterocycles. The third-order valence-corrected chi connectivity index (χ3v) is 3.75. The van der Waals surface area contributed by atoms with Gasteiger partial charge in [0.1, 0.15) is 0 Å². The molecule has 0 aliphatic heterocycles. The molecule has 2 rings (SSSR count). The summed E-state index contributed by atoms with van der Waals surface area (Å²) in [7, 11) is 0. The van der Waals surface area contributed by atoms with Gasteiger partial charge in [0.25, 0.3) is 0 Å². The number of Topliss-reactive ketones (excluding diaryl/α,β-unsaturated/α-hetero) is 1. The van der Waals surface area contributed by atoms with Crippen LogP contribution in [0.15, 0.2) is 18.3 Å². The van der Waals surface area contributed by atoms with E-state index in [0.29, 0.717) is 5.92 Å². The number of pyridine rings is 1. The highest BCUT2D eigenvalue weighted by atomic mass is 16.1. The number of rotatable bonds is 3. The number of ketones is 1. The summed E-state index contributed by atoms with van der Waals surface area (Å²) in [6, 6.07) is 3.79. The molecule has 1 heterocycles. The average Bonchev–Trinajstić information content (AvgIpc) is 2.39. The topological polar surface area (TPSA) is 56.0 Å². The molecule has 92 valence electrons. The number of carbonyl (C=O) groups is 1. The lowest BCUT2D eigenvalue weighted by Gasteiger charge is -2.26. The Morgan fingerprint density at radius 2 is 2.06 bits per heavy atom. The molecule has 0 unspecified atom stereocenters. The van der Waals surface area contributed by atoms with Crippen LogP contribution in [0.2, 0.25) is 0 Å². The summed E-state index contributed by atoms with van der Waals surface area (Å²) in [6.45, 7) is 2.69. The van der Waals surface area contributed by atoms with Crippen molar-refractivity contribution in [2.45, 2.75) is 32.6 Å². The van der Waals surface area contributed by atoms with Gasteiger partial charge in [-0.15, -0.1) is 0 Å². The third kappa shape index (κ3) is 2.91. The van der Waals surface area contributed by atoms with Crippen LogP contribution >= 0.6 is 0 Å². The smallest absolute Gasteiger partial charge is 0.167 e. The van der Waals surface area contributed by atoms with E-state index in [1.54, 1.807) is 6.20 Å². The average molecular weight is 232 g/mol. The summed E-state index contributed by atoms with van der Waals surface area (Å²) in [5, 5.41) is 0. The minimum absolute atomic E-state index is 0.183. The number of hydrogen-bond donors (Lipinski definition) is 1. The predicted molar refractivity (Wildman–Crippen MR) is 67.8 cm³/mol. The number of hydrogen-bond acceptors (Lipinski definition) is 3. The Morgan fingerprint density at radius 1 is 1.35 bits per heavy atom. The number of nitrogens with zero attached hydrogens (tertiary/aromatic N) is 1. The van der Waals surface area contributed by atoms with E-state index in [1.165, 1.54) is 0 Å². The lowest BCUT2D eigenvalue weighted by molar-refractivity contribution is 0.0873. The van der Waals surface area contributed by atoms with Crippen LogP contribution < -0.4 is 5.73 Å². The first-order chi connectivity index (χ1) is 8.20. The van der Waals surface area contributed by atoms with E-state index in [2.05, 4.69) is 4.98 Å². The van der Waals surface area contributed by atoms with Crippen molar-refractivity contribution in [2.75, 3.05) is 6.54 Å². The molecule has 3 heteroatoms. The summed E-state index contributed by atoms with van der Waals surface area (Å²) in [6.07, 6.45) is 5.84. The molecule has 1 aliphatic carbocycles. The van der Waals surface area contributed by atoms with Crippen molar-refractivity contribution < 1.29 is 4.79 Å². The maximum atomic E-state index is 12.2. The van der Waals surface area contributed by atoms with Crippen LogP contribution in [0.5, 0.6) is 0 Å². The van der Waals surface area contributed by atoms with Crippen molar-refractivity contribution in [2.24, 2.45) is 17.6 Å². The molecule has 1 saturated carbocycles. The lowest BCUT2D eigenvalue weighted by atomic mass is 9.79. The van der Waals surface area contributed by atoms with Gasteiger partial charge in [0.15, 0.2) is 5.78 Å². The highest BCUT2D eigenvalue weighted by molar-refractivity contribution is 5.97. The molecule has 0 amide bonds. The van der Waals surface area contributed by atoms with Crippen molar-refractivity contribution in [3.8, 4) is 0 Å².